The van der Waals surface area contributed by atoms with E-state index in [9.17, 15) is 13.6 Å². The predicted octanol–water partition coefficient (Wildman–Crippen LogP) is 3.58. The summed E-state index contributed by atoms with van der Waals surface area (Å²) in [7, 11) is 0. The number of piperazine rings is 1. The molecule has 0 bridgehead atoms. The van der Waals surface area contributed by atoms with Crippen LogP contribution in [0.1, 0.15) is 15.9 Å². The van der Waals surface area contributed by atoms with Gasteiger partial charge in [-0.1, -0.05) is 35.5 Å². The highest BCUT2D eigenvalue weighted by atomic mass is 19.2. The summed E-state index contributed by atoms with van der Waals surface area (Å²) in [5.74, 6) is -2.02. The highest BCUT2D eigenvalue weighted by Crippen LogP contribution is 2.26. The van der Waals surface area contributed by atoms with Crippen LogP contribution < -0.4 is 0 Å². The molecule has 4 rings (SSSR count). The van der Waals surface area contributed by atoms with Crippen molar-refractivity contribution in [1.29, 1.82) is 0 Å². The highest BCUT2D eigenvalue weighted by Gasteiger charge is 2.26. The Balaban J connectivity index is 1.44. The Morgan fingerprint density at radius 3 is 2.46 bits per heavy atom. The molecule has 0 saturated carbocycles. The van der Waals surface area contributed by atoms with E-state index in [0.717, 1.165) is 31.8 Å². The van der Waals surface area contributed by atoms with Crippen molar-refractivity contribution in [3.63, 3.8) is 0 Å². The van der Waals surface area contributed by atoms with Crippen LogP contribution in [0.4, 0.5) is 8.78 Å². The second-order valence-electron chi connectivity index (χ2n) is 6.75. The number of nitrogens with zero attached hydrogens (tertiary/aromatic N) is 3. The molecule has 1 saturated heterocycles. The lowest BCUT2D eigenvalue weighted by Crippen LogP contribution is -2.48. The first-order chi connectivity index (χ1) is 13.6. The van der Waals surface area contributed by atoms with Gasteiger partial charge in [-0.3, -0.25) is 9.69 Å². The van der Waals surface area contributed by atoms with Crippen molar-refractivity contribution < 1.29 is 18.1 Å². The number of halogens is 2. The Morgan fingerprint density at radius 1 is 1.00 bits per heavy atom. The first kappa shape index (κ1) is 18.3. The molecule has 5 nitrogen and oxygen atoms in total. The lowest BCUT2D eigenvalue weighted by molar-refractivity contribution is 0.0628. The van der Waals surface area contributed by atoms with E-state index in [4.69, 9.17) is 4.52 Å². The van der Waals surface area contributed by atoms with E-state index in [1.165, 1.54) is 17.8 Å². The molecule has 0 aliphatic carbocycles. The second kappa shape index (κ2) is 7.90. The zero-order valence-electron chi connectivity index (χ0n) is 15.1. The number of carbonyl (C=O) groups is 1. The van der Waals surface area contributed by atoms with E-state index >= 15 is 0 Å². The molecule has 28 heavy (non-hydrogen) atoms. The van der Waals surface area contributed by atoms with Crippen molar-refractivity contribution in [1.82, 2.24) is 15.0 Å². The van der Waals surface area contributed by atoms with Crippen LogP contribution in [-0.4, -0.2) is 47.0 Å². The molecule has 0 atom stereocenters. The second-order valence-corrected chi connectivity index (χ2v) is 6.75. The van der Waals surface area contributed by atoms with Gasteiger partial charge in [0.05, 0.1) is 6.20 Å². The minimum Gasteiger partial charge on any atom is -0.355 e. The summed E-state index contributed by atoms with van der Waals surface area (Å²) in [6.07, 6.45) is 1.33. The molecule has 1 fully saturated rings. The third-order valence-corrected chi connectivity index (χ3v) is 4.89. The van der Waals surface area contributed by atoms with Gasteiger partial charge in [-0.15, -0.1) is 0 Å². The SMILES string of the molecule is O=C(c1cnoc1-c1ccc(F)c(F)c1)N1CCN(Cc2ccccc2)CC1. The lowest BCUT2D eigenvalue weighted by Gasteiger charge is -2.34. The first-order valence-electron chi connectivity index (χ1n) is 9.07. The van der Waals surface area contributed by atoms with Gasteiger partial charge in [0, 0.05) is 38.3 Å². The van der Waals surface area contributed by atoms with Crippen LogP contribution in [0.15, 0.2) is 59.3 Å². The quantitative estimate of drug-likeness (QED) is 0.691. The predicted molar refractivity (Wildman–Crippen MR) is 99.5 cm³/mol. The average molecular weight is 383 g/mol. The number of carbonyl (C=O) groups excluding carboxylic acids is 1. The largest absolute Gasteiger partial charge is 0.355 e. The van der Waals surface area contributed by atoms with Gasteiger partial charge in [0.1, 0.15) is 5.56 Å². The molecule has 1 aromatic heterocycles. The molecule has 0 unspecified atom stereocenters. The van der Waals surface area contributed by atoms with E-state index in [0.29, 0.717) is 13.1 Å². The Hall–Kier alpha value is -3.06. The molecule has 1 aliphatic rings. The van der Waals surface area contributed by atoms with Crippen molar-refractivity contribution in [2.24, 2.45) is 0 Å². The molecule has 1 aliphatic heterocycles. The van der Waals surface area contributed by atoms with Gasteiger partial charge in [0.2, 0.25) is 0 Å². The Morgan fingerprint density at radius 2 is 1.75 bits per heavy atom. The third-order valence-electron chi connectivity index (χ3n) is 4.89. The molecular formula is C21H19F2N3O2. The van der Waals surface area contributed by atoms with Crippen LogP contribution in [0.5, 0.6) is 0 Å². The molecule has 0 spiro atoms. The average Bonchev–Trinajstić information content (AvgIpc) is 3.21. The van der Waals surface area contributed by atoms with Gasteiger partial charge in [-0.25, -0.2) is 8.78 Å². The van der Waals surface area contributed by atoms with Gasteiger partial charge < -0.3 is 9.42 Å². The van der Waals surface area contributed by atoms with Crippen molar-refractivity contribution in [2.75, 3.05) is 26.2 Å². The molecular weight excluding hydrogens is 364 g/mol. The number of hydrogen-bond donors (Lipinski definition) is 0. The van der Waals surface area contributed by atoms with Crippen molar-refractivity contribution in [3.8, 4) is 11.3 Å². The van der Waals surface area contributed by atoms with Crippen LogP contribution in [-0.2, 0) is 6.54 Å². The summed E-state index contributed by atoms with van der Waals surface area (Å²) in [6, 6.07) is 13.6. The van der Waals surface area contributed by atoms with Crippen LogP contribution in [0, 0.1) is 11.6 Å². The van der Waals surface area contributed by atoms with E-state index in [1.807, 2.05) is 18.2 Å². The zero-order valence-corrected chi connectivity index (χ0v) is 15.1. The maximum atomic E-state index is 13.5. The lowest BCUT2D eigenvalue weighted by atomic mass is 10.1. The molecule has 3 aromatic rings. The summed E-state index contributed by atoms with van der Waals surface area (Å²) < 4.78 is 31.9. The van der Waals surface area contributed by atoms with Gasteiger partial charge in [0.25, 0.3) is 5.91 Å². The van der Waals surface area contributed by atoms with Crippen molar-refractivity contribution >= 4 is 5.91 Å². The number of benzene rings is 2. The van der Waals surface area contributed by atoms with Gasteiger partial charge in [0.15, 0.2) is 17.4 Å². The minimum atomic E-state index is -0.998. The normalized spacial score (nSPS) is 15.0. The Labute approximate surface area is 161 Å². The molecule has 1 amide bonds. The topological polar surface area (TPSA) is 49.6 Å². The molecule has 7 heteroatoms. The zero-order chi connectivity index (χ0) is 19.5. The van der Waals surface area contributed by atoms with E-state index in [-0.39, 0.29) is 22.8 Å². The number of amides is 1. The fraction of sp³-hybridized carbons (Fsp3) is 0.238. The summed E-state index contributed by atoms with van der Waals surface area (Å²) >= 11 is 0. The van der Waals surface area contributed by atoms with Crippen LogP contribution in [0.25, 0.3) is 11.3 Å². The van der Waals surface area contributed by atoms with E-state index in [2.05, 4.69) is 22.2 Å². The van der Waals surface area contributed by atoms with Crippen molar-refractivity contribution in [2.45, 2.75) is 6.54 Å². The van der Waals surface area contributed by atoms with Gasteiger partial charge in [-0.05, 0) is 23.8 Å². The van der Waals surface area contributed by atoms with Gasteiger partial charge >= 0.3 is 0 Å². The third kappa shape index (κ3) is 3.80. The number of rotatable bonds is 4. The van der Waals surface area contributed by atoms with Crippen LogP contribution >= 0.6 is 0 Å². The van der Waals surface area contributed by atoms with Crippen LogP contribution in [0.3, 0.4) is 0 Å². The summed E-state index contributed by atoms with van der Waals surface area (Å²) in [6.45, 7) is 3.51. The first-order valence-corrected chi connectivity index (χ1v) is 9.07. The van der Waals surface area contributed by atoms with Gasteiger partial charge in [-0.2, -0.15) is 0 Å². The Kier molecular flexibility index (Phi) is 5.16. The highest BCUT2D eigenvalue weighted by molar-refractivity contribution is 5.99. The summed E-state index contributed by atoms with van der Waals surface area (Å²) in [5.41, 5.74) is 1.77. The molecule has 0 N–H and O–H groups in total. The molecule has 2 heterocycles. The molecule has 144 valence electrons. The van der Waals surface area contributed by atoms with Crippen molar-refractivity contribution in [3.05, 3.63) is 77.5 Å². The molecule has 2 aromatic carbocycles. The monoisotopic (exact) mass is 383 g/mol. The summed E-state index contributed by atoms with van der Waals surface area (Å²) in [4.78, 5) is 16.9. The van der Waals surface area contributed by atoms with Crippen LogP contribution in [0.2, 0.25) is 0 Å². The summed E-state index contributed by atoms with van der Waals surface area (Å²) in [5, 5.41) is 3.69. The maximum Gasteiger partial charge on any atom is 0.259 e. The number of aromatic nitrogens is 1. The smallest absolute Gasteiger partial charge is 0.259 e. The number of hydrogen-bond acceptors (Lipinski definition) is 4. The fourth-order valence-corrected chi connectivity index (χ4v) is 3.36. The van der Waals surface area contributed by atoms with E-state index < -0.39 is 11.6 Å². The minimum absolute atomic E-state index is 0.149. The molecule has 0 radical (unpaired) electrons. The fourth-order valence-electron chi connectivity index (χ4n) is 3.36. The Bertz CT molecular complexity index is 967. The van der Waals surface area contributed by atoms with E-state index in [1.54, 1.807) is 4.90 Å². The standard InChI is InChI=1S/C21H19F2N3O2/c22-18-7-6-16(12-19(18)23)20-17(13-24-28-20)21(27)26-10-8-25(9-11-26)14-15-4-2-1-3-5-15/h1-7,12-13H,8-11,14H2. The maximum absolute atomic E-state index is 13.5.